The van der Waals surface area contributed by atoms with Gasteiger partial charge in [-0.15, -0.1) is 5.10 Å². The van der Waals surface area contributed by atoms with Crippen molar-refractivity contribution in [2.75, 3.05) is 5.43 Å². The molecule has 1 N–H and O–H groups in total. The average molecular weight is 262 g/mol. The highest BCUT2D eigenvalue weighted by molar-refractivity contribution is 5.90. The Labute approximate surface area is 117 Å². The van der Waals surface area contributed by atoms with Crippen LogP contribution in [0.25, 0.3) is 10.8 Å². The molecule has 0 saturated heterocycles. The lowest BCUT2D eigenvalue weighted by atomic mass is 10.2. The van der Waals surface area contributed by atoms with E-state index in [-0.39, 0.29) is 0 Å². The second kappa shape index (κ2) is 5.93. The molecule has 2 aromatic carbocycles. The van der Waals surface area contributed by atoms with E-state index < -0.39 is 0 Å². The number of aromatic nitrogens is 2. The van der Waals surface area contributed by atoms with Crippen LogP contribution in [0.2, 0.25) is 0 Å². The first-order chi connectivity index (χ1) is 9.93. The maximum absolute atomic E-state index is 4.21. The van der Waals surface area contributed by atoms with E-state index in [1.807, 2.05) is 48.7 Å². The summed E-state index contributed by atoms with van der Waals surface area (Å²) in [5.41, 5.74) is 4.18. The average Bonchev–Trinajstić information content (AvgIpc) is 2.53. The van der Waals surface area contributed by atoms with Crippen LogP contribution in [0.5, 0.6) is 0 Å². The molecule has 3 aromatic rings. The van der Waals surface area contributed by atoms with E-state index in [2.05, 4.69) is 32.9 Å². The van der Waals surface area contributed by atoms with Crippen LogP contribution in [0.4, 0.5) is 5.82 Å². The zero-order chi connectivity index (χ0) is 13.6. The molecule has 0 atom stereocenters. The summed E-state index contributed by atoms with van der Waals surface area (Å²) in [6.07, 6.45) is 4.36. The maximum atomic E-state index is 4.21. The quantitative estimate of drug-likeness (QED) is 0.580. The van der Waals surface area contributed by atoms with Gasteiger partial charge in [0.15, 0.2) is 5.82 Å². The van der Waals surface area contributed by atoms with E-state index in [4.69, 9.17) is 0 Å². The number of hydrogen-bond donors (Lipinski definition) is 1. The summed E-state index contributed by atoms with van der Waals surface area (Å²) in [6.45, 7) is 0. The van der Waals surface area contributed by atoms with Gasteiger partial charge in [-0.3, -0.25) is 5.43 Å². The first kappa shape index (κ1) is 12.3. The number of nitrogens with zero attached hydrogens (tertiary/aromatic N) is 3. The van der Waals surface area contributed by atoms with Gasteiger partial charge in [0.25, 0.3) is 0 Å². The van der Waals surface area contributed by atoms with Gasteiger partial charge in [0.05, 0.1) is 6.20 Å². The zero-order valence-electron chi connectivity index (χ0n) is 10.9. The molecule has 0 radical (unpaired) electrons. The van der Waals surface area contributed by atoms with Crippen molar-refractivity contribution in [3.63, 3.8) is 0 Å². The fraction of sp³-hybridized carbons (Fsp3) is 0.0625. The van der Waals surface area contributed by atoms with Crippen LogP contribution >= 0.6 is 0 Å². The third kappa shape index (κ3) is 2.80. The number of rotatable bonds is 4. The van der Waals surface area contributed by atoms with Crippen molar-refractivity contribution in [3.8, 4) is 0 Å². The van der Waals surface area contributed by atoms with E-state index in [0.717, 1.165) is 17.2 Å². The minimum absolute atomic E-state index is 0.674. The molecule has 20 heavy (non-hydrogen) atoms. The molecule has 0 bridgehead atoms. The van der Waals surface area contributed by atoms with Crippen molar-refractivity contribution in [2.45, 2.75) is 6.42 Å². The molecule has 98 valence electrons. The molecule has 0 amide bonds. The molecular weight excluding hydrogens is 248 g/mol. The Hall–Kier alpha value is -2.75. The van der Waals surface area contributed by atoms with Crippen molar-refractivity contribution in [1.82, 2.24) is 10.2 Å². The number of hydrazone groups is 1. The lowest BCUT2D eigenvalue weighted by Gasteiger charge is -2.02. The van der Waals surface area contributed by atoms with Crippen molar-refractivity contribution in [1.29, 1.82) is 0 Å². The van der Waals surface area contributed by atoms with E-state index in [0.29, 0.717) is 5.82 Å². The van der Waals surface area contributed by atoms with Gasteiger partial charge >= 0.3 is 0 Å². The molecule has 1 aromatic heterocycles. The molecule has 1 heterocycles. The Morgan fingerprint density at radius 2 is 1.80 bits per heavy atom. The molecule has 0 saturated carbocycles. The molecule has 3 rings (SSSR count). The van der Waals surface area contributed by atoms with Crippen molar-refractivity contribution >= 4 is 22.8 Å². The monoisotopic (exact) mass is 262 g/mol. The highest BCUT2D eigenvalue weighted by Crippen LogP contribution is 2.18. The van der Waals surface area contributed by atoms with Gasteiger partial charge in [0, 0.05) is 23.4 Å². The molecule has 0 spiro atoms. The Bertz CT molecular complexity index is 717. The van der Waals surface area contributed by atoms with E-state index in [1.165, 1.54) is 5.56 Å². The van der Waals surface area contributed by atoms with Crippen LogP contribution in [0.1, 0.15) is 5.56 Å². The number of anilines is 1. The molecular formula is C16H14N4. The van der Waals surface area contributed by atoms with Gasteiger partial charge < -0.3 is 0 Å². The van der Waals surface area contributed by atoms with Crippen LogP contribution in [0, 0.1) is 0 Å². The number of nitrogens with one attached hydrogen (secondary N) is 1. The van der Waals surface area contributed by atoms with Crippen LogP contribution in [0.15, 0.2) is 65.9 Å². The Balaban J connectivity index is 1.71. The molecule has 4 nitrogen and oxygen atoms in total. The molecule has 4 heteroatoms. The highest BCUT2D eigenvalue weighted by Gasteiger charge is 2.00. The number of hydrogen-bond acceptors (Lipinski definition) is 4. The van der Waals surface area contributed by atoms with E-state index in [9.17, 15) is 0 Å². The summed E-state index contributed by atoms with van der Waals surface area (Å²) in [6, 6.07) is 18.1. The maximum Gasteiger partial charge on any atom is 0.176 e. The number of benzene rings is 2. The second-order valence-electron chi connectivity index (χ2n) is 4.39. The third-order valence-electron chi connectivity index (χ3n) is 3.00. The lowest BCUT2D eigenvalue weighted by molar-refractivity contribution is 1.04. The Kier molecular flexibility index (Phi) is 3.64. The van der Waals surface area contributed by atoms with Crippen LogP contribution in [0.3, 0.4) is 0 Å². The summed E-state index contributed by atoms with van der Waals surface area (Å²) in [5.74, 6) is 0.674. The van der Waals surface area contributed by atoms with Crippen LogP contribution in [-0.4, -0.2) is 16.4 Å². The third-order valence-corrected chi connectivity index (χ3v) is 3.00. The summed E-state index contributed by atoms with van der Waals surface area (Å²) >= 11 is 0. The van der Waals surface area contributed by atoms with Gasteiger partial charge in [0.2, 0.25) is 0 Å². The first-order valence-corrected chi connectivity index (χ1v) is 6.45. The van der Waals surface area contributed by atoms with Crippen LogP contribution < -0.4 is 5.43 Å². The number of fused-ring (bicyclic) bond motifs is 1. The molecule has 0 aliphatic heterocycles. The lowest BCUT2D eigenvalue weighted by Crippen LogP contribution is -1.97. The SMILES string of the molecule is C(/Cc1ccccc1)=N/Nc1nncc2ccccc12. The summed E-state index contributed by atoms with van der Waals surface area (Å²) < 4.78 is 0. The largest absolute Gasteiger partial charge is 0.260 e. The fourth-order valence-corrected chi connectivity index (χ4v) is 1.98. The zero-order valence-corrected chi connectivity index (χ0v) is 10.9. The van der Waals surface area contributed by atoms with Crippen molar-refractivity contribution < 1.29 is 0 Å². The molecule has 0 aliphatic carbocycles. The summed E-state index contributed by atoms with van der Waals surface area (Å²) in [5, 5.41) is 14.3. The van der Waals surface area contributed by atoms with E-state index in [1.54, 1.807) is 6.20 Å². The van der Waals surface area contributed by atoms with Gasteiger partial charge in [-0.1, -0.05) is 54.6 Å². The van der Waals surface area contributed by atoms with Gasteiger partial charge in [0.1, 0.15) is 0 Å². The Morgan fingerprint density at radius 3 is 2.70 bits per heavy atom. The summed E-state index contributed by atoms with van der Waals surface area (Å²) in [7, 11) is 0. The van der Waals surface area contributed by atoms with Crippen LogP contribution in [-0.2, 0) is 6.42 Å². The predicted octanol–water partition coefficient (Wildman–Crippen LogP) is 3.27. The smallest absolute Gasteiger partial charge is 0.176 e. The second-order valence-corrected chi connectivity index (χ2v) is 4.39. The Morgan fingerprint density at radius 1 is 1.00 bits per heavy atom. The minimum Gasteiger partial charge on any atom is -0.260 e. The molecule has 0 fully saturated rings. The van der Waals surface area contributed by atoms with Crippen molar-refractivity contribution in [2.24, 2.45) is 5.10 Å². The normalized spacial score (nSPS) is 11.0. The molecule has 0 unspecified atom stereocenters. The van der Waals surface area contributed by atoms with Gasteiger partial charge in [-0.05, 0) is 5.56 Å². The topological polar surface area (TPSA) is 50.2 Å². The van der Waals surface area contributed by atoms with Crippen molar-refractivity contribution in [3.05, 3.63) is 66.4 Å². The van der Waals surface area contributed by atoms with Gasteiger partial charge in [-0.2, -0.15) is 10.2 Å². The minimum atomic E-state index is 0.674. The highest BCUT2D eigenvalue weighted by atomic mass is 15.3. The first-order valence-electron chi connectivity index (χ1n) is 6.45. The standard InChI is InChI=1S/C16H14N4/c1-2-6-13(7-3-1)10-11-17-19-16-15-9-5-4-8-14(15)12-18-20-16/h1-9,11-12H,10H2,(H,19,20)/b17-11-. The van der Waals surface area contributed by atoms with E-state index >= 15 is 0 Å². The predicted molar refractivity (Wildman–Crippen MR) is 81.8 cm³/mol. The molecule has 0 aliphatic rings. The van der Waals surface area contributed by atoms with Gasteiger partial charge in [-0.25, -0.2) is 0 Å². The summed E-state index contributed by atoms with van der Waals surface area (Å²) in [4.78, 5) is 0. The fourth-order valence-electron chi connectivity index (χ4n) is 1.98.